The maximum Gasteiger partial charge on any atom is 0.488 e. The van der Waals surface area contributed by atoms with Gasteiger partial charge < -0.3 is 14.9 Å². The van der Waals surface area contributed by atoms with Crippen LogP contribution < -0.4 is 10.4 Å². The maximum absolute atomic E-state index is 9.32. The SMILES string of the molecule is OB(O)c1ccc(N2c3ccccc3C3C4CCC(C4)C32)cc1. The van der Waals surface area contributed by atoms with Crippen LogP contribution in [0.3, 0.4) is 0 Å². The molecule has 1 heterocycles. The zero-order chi connectivity index (χ0) is 15.6. The number of hydrogen-bond acceptors (Lipinski definition) is 3. The molecule has 3 nitrogen and oxygen atoms in total. The Labute approximate surface area is 136 Å². The van der Waals surface area contributed by atoms with Gasteiger partial charge in [-0.25, -0.2) is 0 Å². The van der Waals surface area contributed by atoms with Crippen molar-refractivity contribution >= 4 is 24.0 Å². The molecule has 0 amide bonds. The Morgan fingerprint density at radius 3 is 2.43 bits per heavy atom. The first-order valence-electron chi connectivity index (χ1n) is 8.58. The van der Waals surface area contributed by atoms with Gasteiger partial charge >= 0.3 is 7.12 Å². The molecule has 2 aliphatic carbocycles. The van der Waals surface area contributed by atoms with Crippen LogP contribution >= 0.6 is 0 Å². The van der Waals surface area contributed by atoms with Gasteiger partial charge in [0, 0.05) is 23.3 Å². The lowest BCUT2D eigenvalue weighted by atomic mass is 9.80. The van der Waals surface area contributed by atoms with E-state index in [1.807, 2.05) is 24.3 Å². The van der Waals surface area contributed by atoms with Gasteiger partial charge in [-0.05, 0) is 60.3 Å². The molecule has 0 spiro atoms. The third-order valence-corrected chi connectivity index (χ3v) is 6.20. The molecule has 1 aliphatic heterocycles. The fraction of sp³-hybridized carbons (Fsp3) is 0.368. The highest BCUT2D eigenvalue weighted by molar-refractivity contribution is 6.58. The molecule has 2 bridgehead atoms. The highest BCUT2D eigenvalue weighted by Crippen LogP contribution is 2.62. The lowest BCUT2D eigenvalue weighted by Crippen LogP contribution is -2.35. The van der Waals surface area contributed by atoms with Crippen molar-refractivity contribution in [3.8, 4) is 0 Å². The Balaban J connectivity index is 1.61. The lowest BCUT2D eigenvalue weighted by Gasteiger charge is -2.33. The van der Waals surface area contributed by atoms with E-state index < -0.39 is 7.12 Å². The summed E-state index contributed by atoms with van der Waals surface area (Å²) in [6, 6.07) is 17.1. The Morgan fingerprint density at radius 2 is 1.65 bits per heavy atom. The minimum atomic E-state index is -1.40. The molecule has 0 radical (unpaired) electrons. The van der Waals surface area contributed by atoms with Gasteiger partial charge in [0.2, 0.25) is 0 Å². The van der Waals surface area contributed by atoms with Crippen LogP contribution in [0.2, 0.25) is 0 Å². The van der Waals surface area contributed by atoms with Crippen LogP contribution in [0, 0.1) is 11.8 Å². The van der Waals surface area contributed by atoms with Crippen molar-refractivity contribution in [3.05, 3.63) is 54.1 Å². The quantitative estimate of drug-likeness (QED) is 0.837. The van der Waals surface area contributed by atoms with Crippen molar-refractivity contribution in [2.75, 3.05) is 4.90 Å². The average Bonchev–Trinajstić information content (AvgIpc) is 3.26. The number of hydrogen-bond donors (Lipinski definition) is 2. The van der Waals surface area contributed by atoms with Crippen LogP contribution in [-0.4, -0.2) is 23.2 Å². The van der Waals surface area contributed by atoms with Gasteiger partial charge in [-0.15, -0.1) is 0 Å². The molecule has 2 aromatic carbocycles. The van der Waals surface area contributed by atoms with Gasteiger partial charge in [0.1, 0.15) is 0 Å². The van der Waals surface area contributed by atoms with E-state index >= 15 is 0 Å². The minimum absolute atomic E-state index is 0.547. The first-order valence-corrected chi connectivity index (χ1v) is 8.58. The van der Waals surface area contributed by atoms with E-state index in [1.54, 1.807) is 0 Å². The highest BCUT2D eigenvalue weighted by Gasteiger charge is 2.55. The van der Waals surface area contributed by atoms with Gasteiger partial charge in [0.25, 0.3) is 0 Å². The second kappa shape index (κ2) is 4.86. The summed E-state index contributed by atoms with van der Waals surface area (Å²) in [6.45, 7) is 0. The monoisotopic (exact) mass is 305 g/mol. The minimum Gasteiger partial charge on any atom is -0.423 e. The van der Waals surface area contributed by atoms with Crippen LogP contribution in [0.15, 0.2) is 48.5 Å². The number of nitrogens with zero attached hydrogens (tertiary/aromatic N) is 1. The molecule has 4 heteroatoms. The van der Waals surface area contributed by atoms with E-state index in [1.165, 1.54) is 36.2 Å². The summed E-state index contributed by atoms with van der Waals surface area (Å²) in [5.41, 5.74) is 4.57. The topological polar surface area (TPSA) is 43.7 Å². The van der Waals surface area contributed by atoms with Gasteiger partial charge in [0.15, 0.2) is 0 Å². The predicted octanol–water partition coefficient (Wildman–Crippen LogP) is 2.40. The zero-order valence-electron chi connectivity index (χ0n) is 13.0. The summed E-state index contributed by atoms with van der Waals surface area (Å²) in [5, 5.41) is 18.6. The first-order chi connectivity index (χ1) is 11.2. The fourth-order valence-electron chi connectivity index (χ4n) is 5.34. The van der Waals surface area contributed by atoms with Gasteiger partial charge in [-0.3, -0.25) is 0 Å². The van der Waals surface area contributed by atoms with Crippen molar-refractivity contribution < 1.29 is 10.0 Å². The molecular weight excluding hydrogens is 285 g/mol. The first kappa shape index (κ1) is 13.6. The smallest absolute Gasteiger partial charge is 0.423 e. The van der Waals surface area contributed by atoms with E-state index in [0.717, 1.165) is 11.8 Å². The third kappa shape index (κ3) is 1.85. The normalized spacial score (nSPS) is 30.4. The van der Waals surface area contributed by atoms with Gasteiger partial charge in [-0.1, -0.05) is 30.3 Å². The van der Waals surface area contributed by atoms with Crippen molar-refractivity contribution in [2.45, 2.75) is 31.2 Å². The van der Waals surface area contributed by atoms with Crippen LogP contribution in [-0.2, 0) is 0 Å². The Hall–Kier alpha value is -1.78. The second-order valence-electron chi connectivity index (χ2n) is 7.24. The molecule has 2 aromatic rings. The average molecular weight is 305 g/mol. The van der Waals surface area contributed by atoms with E-state index in [-0.39, 0.29) is 0 Å². The molecule has 2 fully saturated rings. The molecule has 2 saturated carbocycles. The second-order valence-corrected chi connectivity index (χ2v) is 7.24. The van der Waals surface area contributed by atoms with Crippen molar-refractivity contribution in [2.24, 2.45) is 11.8 Å². The number of para-hydroxylation sites is 1. The number of anilines is 2. The van der Waals surface area contributed by atoms with Crippen molar-refractivity contribution in [1.82, 2.24) is 0 Å². The molecule has 5 rings (SSSR count). The van der Waals surface area contributed by atoms with Gasteiger partial charge in [0.05, 0.1) is 0 Å². The summed E-state index contributed by atoms with van der Waals surface area (Å²) in [5.74, 6) is 2.31. The number of fused-ring (bicyclic) bond motifs is 7. The van der Waals surface area contributed by atoms with E-state index in [2.05, 4.69) is 29.2 Å². The highest BCUT2D eigenvalue weighted by atomic mass is 16.4. The molecule has 0 saturated heterocycles. The summed E-state index contributed by atoms with van der Waals surface area (Å²) < 4.78 is 0. The summed E-state index contributed by atoms with van der Waals surface area (Å²) >= 11 is 0. The maximum atomic E-state index is 9.32. The largest absolute Gasteiger partial charge is 0.488 e. The number of rotatable bonds is 2. The van der Waals surface area contributed by atoms with Crippen molar-refractivity contribution in [3.63, 3.8) is 0 Å². The van der Waals surface area contributed by atoms with Gasteiger partial charge in [-0.2, -0.15) is 0 Å². The van der Waals surface area contributed by atoms with Crippen molar-refractivity contribution in [1.29, 1.82) is 0 Å². The molecule has 0 aromatic heterocycles. The predicted molar refractivity (Wildman–Crippen MR) is 92.2 cm³/mol. The van der Waals surface area contributed by atoms with E-state index in [9.17, 15) is 10.0 Å². The Morgan fingerprint density at radius 1 is 0.913 bits per heavy atom. The summed E-state index contributed by atoms with van der Waals surface area (Å²) in [6.07, 6.45) is 4.10. The molecule has 2 N–H and O–H groups in total. The summed E-state index contributed by atoms with van der Waals surface area (Å²) in [4.78, 5) is 2.51. The molecule has 4 unspecified atom stereocenters. The third-order valence-electron chi connectivity index (χ3n) is 6.20. The fourth-order valence-corrected chi connectivity index (χ4v) is 5.34. The molecule has 4 atom stereocenters. The summed E-state index contributed by atoms with van der Waals surface area (Å²) in [7, 11) is -1.40. The van der Waals surface area contributed by atoms with Crippen LogP contribution in [0.1, 0.15) is 30.7 Å². The number of benzene rings is 2. The zero-order valence-corrected chi connectivity index (χ0v) is 13.0. The Kier molecular flexibility index (Phi) is 2.88. The standard InChI is InChI=1S/C19H20BNO2/c22-20(23)14-7-9-15(10-8-14)21-17-4-2-1-3-16(17)18-12-5-6-13(11-12)19(18)21/h1-4,7-10,12-13,18-19,22-23H,5-6,11H2. The van der Waals surface area contributed by atoms with Crippen LogP contribution in [0.25, 0.3) is 0 Å². The van der Waals surface area contributed by atoms with Crippen LogP contribution in [0.4, 0.5) is 11.4 Å². The molecule has 116 valence electrons. The molecular formula is C19H20BNO2. The Bertz CT molecular complexity index is 745. The lowest BCUT2D eigenvalue weighted by molar-refractivity contribution is 0.382. The van der Waals surface area contributed by atoms with Crippen LogP contribution in [0.5, 0.6) is 0 Å². The van der Waals surface area contributed by atoms with E-state index in [0.29, 0.717) is 17.4 Å². The molecule has 23 heavy (non-hydrogen) atoms. The van der Waals surface area contributed by atoms with E-state index in [4.69, 9.17) is 0 Å². The molecule has 3 aliphatic rings.